The van der Waals surface area contributed by atoms with Crippen LogP contribution in [0.15, 0.2) is 58.3 Å². The van der Waals surface area contributed by atoms with Gasteiger partial charge in [0.2, 0.25) is 20.0 Å². The molecule has 8 nitrogen and oxygen atoms in total. The Hall–Kier alpha value is -2.27. The van der Waals surface area contributed by atoms with Crippen molar-refractivity contribution in [2.75, 3.05) is 7.05 Å². The molecule has 1 amide bonds. The molecule has 1 aliphatic carbocycles. The molecule has 3 N–H and O–H groups in total. The van der Waals surface area contributed by atoms with E-state index in [-0.39, 0.29) is 28.3 Å². The molecule has 1 saturated carbocycles. The number of carbonyl (C=O) groups excluding carboxylic acids is 1. The number of hydrogen-bond donors (Lipinski definition) is 2. The third-order valence-corrected chi connectivity index (χ3v) is 7.28. The molecule has 2 aromatic rings. The van der Waals surface area contributed by atoms with Gasteiger partial charge in [0.05, 0.1) is 9.79 Å². The van der Waals surface area contributed by atoms with Gasteiger partial charge in [0.1, 0.15) is 0 Å². The average Bonchev–Trinajstić information content (AvgIpc) is 3.50. The van der Waals surface area contributed by atoms with Crippen molar-refractivity contribution < 1.29 is 21.6 Å². The van der Waals surface area contributed by atoms with E-state index in [0.29, 0.717) is 5.56 Å². The lowest BCUT2D eigenvalue weighted by Crippen LogP contribution is -2.33. The molecule has 10 heteroatoms. The van der Waals surface area contributed by atoms with E-state index in [4.69, 9.17) is 5.14 Å². The molecule has 150 valence electrons. The molecule has 0 unspecified atom stereocenters. The van der Waals surface area contributed by atoms with Crippen LogP contribution in [0.2, 0.25) is 0 Å². The fraction of sp³-hybridized carbons (Fsp3) is 0.278. The molecular weight excluding hydrogens is 402 g/mol. The van der Waals surface area contributed by atoms with E-state index >= 15 is 0 Å². The summed E-state index contributed by atoms with van der Waals surface area (Å²) in [4.78, 5) is 11.3. The minimum atomic E-state index is -4.01. The summed E-state index contributed by atoms with van der Waals surface area (Å²) in [5.74, 6) is -0.224. The lowest BCUT2D eigenvalue weighted by molar-refractivity contribution is 0.0963. The number of nitrogens with one attached hydrogen (secondary N) is 1. The van der Waals surface area contributed by atoms with Gasteiger partial charge in [-0.2, -0.15) is 4.31 Å². The number of sulfonamides is 2. The summed E-state index contributed by atoms with van der Waals surface area (Å²) in [6.07, 6.45) is 1.48. The number of benzene rings is 2. The molecule has 0 aromatic heterocycles. The molecule has 28 heavy (non-hydrogen) atoms. The zero-order valence-corrected chi connectivity index (χ0v) is 16.8. The Morgan fingerprint density at radius 3 is 2.21 bits per heavy atom. The Bertz CT molecular complexity index is 1090. The van der Waals surface area contributed by atoms with E-state index in [1.807, 2.05) is 0 Å². The number of rotatable bonds is 7. The predicted molar refractivity (Wildman–Crippen MR) is 103 cm³/mol. The maximum Gasteiger partial charge on any atom is 0.251 e. The second kappa shape index (κ2) is 7.63. The standard InChI is InChI=1S/C18H21N3O5S2/c1-20-18(22)14-7-5-13(6-8-14)12-21(15-9-10-15)28(25,26)17-4-2-3-16(11-17)27(19,23)24/h2-8,11,15H,9-10,12H2,1H3,(H,20,22)(H2,19,23,24). The fourth-order valence-electron chi connectivity index (χ4n) is 2.81. The Kier molecular flexibility index (Phi) is 5.57. The fourth-order valence-corrected chi connectivity index (χ4v) is 5.16. The second-order valence-electron chi connectivity index (χ2n) is 6.58. The van der Waals surface area contributed by atoms with Gasteiger partial charge in [-0.1, -0.05) is 18.2 Å². The zero-order chi connectivity index (χ0) is 20.5. The number of primary sulfonamides is 1. The van der Waals surface area contributed by atoms with E-state index in [1.165, 1.54) is 29.6 Å². The first-order valence-electron chi connectivity index (χ1n) is 8.58. The maximum atomic E-state index is 13.1. The van der Waals surface area contributed by atoms with Gasteiger partial charge in [0, 0.05) is 25.2 Å². The smallest absolute Gasteiger partial charge is 0.251 e. The molecule has 0 aliphatic heterocycles. The monoisotopic (exact) mass is 423 g/mol. The van der Waals surface area contributed by atoms with E-state index in [0.717, 1.165) is 24.5 Å². The maximum absolute atomic E-state index is 13.1. The van der Waals surface area contributed by atoms with E-state index in [9.17, 15) is 21.6 Å². The third kappa shape index (κ3) is 4.41. The van der Waals surface area contributed by atoms with Gasteiger partial charge in [-0.15, -0.1) is 0 Å². The highest BCUT2D eigenvalue weighted by Gasteiger charge is 2.38. The third-order valence-electron chi connectivity index (χ3n) is 4.48. The second-order valence-corrected chi connectivity index (χ2v) is 10.0. The molecule has 0 heterocycles. The van der Waals surface area contributed by atoms with Crippen molar-refractivity contribution in [2.24, 2.45) is 5.14 Å². The number of nitrogens with two attached hydrogens (primary N) is 1. The molecule has 1 fully saturated rings. The number of carbonyl (C=O) groups is 1. The van der Waals surface area contributed by atoms with Crippen LogP contribution in [-0.2, 0) is 26.6 Å². The van der Waals surface area contributed by atoms with Gasteiger partial charge in [0.15, 0.2) is 0 Å². The highest BCUT2D eigenvalue weighted by molar-refractivity contribution is 7.90. The minimum absolute atomic E-state index is 0.118. The first-order valence-corrected chi connectivity index (χ1v) is 11.6. The highest BCUT2D eigenvalue weighted by Crippen LogP contribution is 2.34. The lowest BCUT2D eigenvalue weighted by atomic mass is 10.1. The summed E-state index contributed by atoms with van der Waals surface area (Å²) in [5.41, 5.74) is 1.21. The van der Waals surface area contributed by atoms with Gasteiger partial charge < -0.3 is 5.32 Å². The Morgan fingerprint density at radius 2 is 1.68 bits per heavy atom. The summed E-state index contributed by atoms with van der Waals surface area (Å²) < 4.78 is 50.8. The Labute approximate surface area is 164 Å². The first-order chi connectivity index (χ1) is 13.1. The highest BCUT2D eigenvalue weighted by atomic mass is 32.2. The molecule has 0 atom stereocenters. The number of amides is 1. The molecule has 2 aromatic carbocycles. The minimum Gasteiger partial charge on any atom is -0.355 e. The van der Waals surface area contributed by atoms with Gasteiger partial charge in [-0.05, 0) is 48.7 Å². The summed E-state index contributed by atoms with van der Waals surface area (Å²) in [6, 6.07) is 11.6. The van der Waals surface area contributed by atoms with Crippen molar-refractivity contribution in [1.29, 1.82) is 0 Å². The zero-order valence-electron chi connectivity index (χ0n) is 15.2. The summed E-state index contributed by atoms with van der Waals surface area (Å²) in [6.45, 7) is 0.126. The van der Waals surface area contributed by atoms with Gasteiger partial charge in [-0.3, -0.25) is 4.79 Å². The average molecular weight is 424 g/mol. The van der Waals surface area contributed by atoms with Crippen molar-refractivity contribution >= 4 is 26.0 Å². The van der Waals surface area contributed by atoms with Crippen molar-refractivity contribution in [3.63, 3.8) is 0 Å². The molecule has 0 bridgehead atoms. The van der Waals surface area contributed by atoms with Crippen molar-refractivity contribution in [2.45, 2.75) is 35.2 Å². The molecule has 3 rings (SSSR count). The molecule has 0 radical (unpaired) electrons. The van der Waals surface area contributed by atoms with Crippen molar-refractivity contribution in [1.82, 2.24) is 9.62 Å². The largest absolute Gasteiger partial charge is 0.355 e. The molecule has 1 aliphatic rings. The summed E-state index contributed by atoms with van der Waals surface area (Å²) >= 11 is 0. The number of hydrogen-bond acceptors (Lipinski definition) is 5. The Balaban J connectivity index is 1.91. The van der Waals surface area contributed by atoms with Crippen LogP contribution in [0.25, 0.3) is 0 Å². The molecule has 0 spiro atoms. The summed E-state index contributed by atoms with van der Waals surface area (Å²) in [7, 11) is -6.39. The summed E-state index contributed by atoms with van der Waals surface area (Å²) in [5, 5.41) is 7.65. The van der Waals surface area contributed by atoms with Gasteiger partial charge in [0.25, 0.3) is 5.91 Å². The van der Waals surface area contributed by atoms with Crippen molar-refractivity contribution in [3.05, 3.63) is 59.7 Å². The van der Waals surface area contributed by atoms with E-state index in [1.54, 1.807) is 24.3 Å². The van der Waals surface area contributed by atoms with Crippen molar-refractivity contribution in [3.8, 4) is 0 Å². The number of nitrogens with zero attached hydrogens (tertiary/aromatic N) is 1. The van der Waals surface area contributed by atoms with Crippen LogP contribution >= 0.6 is 0 Å². The molecule has 0 saturated heterocycles. The normalized spacial score (nSPS) is 14.8. The van der Waals surface area contributed by atoms with E-state index in [2.05, 4.69) is 5.32 Å². The lowest BCUT2D eigenvalue weighted by Gasteiger charge is -2.22. The quantitative estimate of drug-likeness (QED) is 0.688. The predicted octanol–water partition coefficient (Wildman–Crippen LogP) is 1.05. The Morgan fingerprint density at radius 1 is 1.07 bits per heavy atom. The van der Waals surface area contributed by atoms with Crippen LogP contribution < -0.4 is 10.5 Å². The van der Waals surface area contributed by atoms with E-state index < -0.39 is 20.0 Å². The first kappa shape index (κ1) is 20.5. The molecular formula is C18H21N3O5S2. The topological polar surface area (TPSA) is 127 Å². The van der Waals surface area contributed by atoms with Crippen LogP contribution in [0.1, 0.15) is 28.8 Å². The van der Waals surface area contributed by atoms with Gasteiger partial charge >= 0.3 is 0 Å². The van der Waals surface area contributed by atoms with Gasteiger partial charge in [-0.25, -0.2) is 22.0 Å². The van der Waals surface area contributed by atoms with Crippen LogP contribution in [0.3, 0.4) is 0 Å². The van der Waals surface area contributed by atoms with Crippen LogP contribution in [0.4, 0.5) is 0 Å². The van der Waals surface area contributed by atoms with Crippen LogP contribution in [0.5, 0.6) is 0 Å². The van der Waals surface area contributed by atoms with Crippen LogP contribution in [0, 0.1) is 0 Å². The SMILES string of the molecule is CNC(=O)c1ccc(CN(C2CC2)S(=O)(=O)c2cccc(S(N)(=O)=O)c2)cc1. The van der Waals surface area contributed by atoms with Crippen LogP contribution in [-0.4, -0.2) is 40.1 Å².